The van der Waals surface area contributed by atoms with Gasteiger partial charge in [-0.3, -0.25) is 0 Å². The maximum Gasteiger partial charge on any atom is 0.205 e. The van der Waals surface area contributed by atoms with E-state index in [1.807, 2.05) is 13.8 Å². The first-order valence-electron chi connectivity index (χ1n) is 23.3. The van der Waals surface area contributed by atoms with Crippen LogP contribution < -0.4 is 0 Å². The second-order valence-electron chi connectivity index (χ2n) is 18.1. The van der Waals surface area contributed by atoms with E-state index in [1.54, 1.807) is 12.1 Å². The fourth-order valence-corrected chi connectivity index (χ4v) is 9.02. The van der Waals surface area contributed by atoms with E-state index < -0.39 is 0 Å². The Labute approximate surface area is 403 Å². The molecule has 11 aromatic carbocycles. The van der Waals surface area contributed by atoms with Crippen LogP contribution in [0.3, 0.4) is 0 Å². The molecule has 0 unspecified atom stereocenters. The van der Waals surface area contributed by atoms with E-state index in [0.717, 1.165) is 10.8 Å². The van der Waals surface area contributed by atoms with Crippen molar-refractivity contribution in [1.29, 1.82) is 5.26 Å². The maximum atomic E-state index is 8.94. The van der Waals surface area contributed by atoms with E-state index >= 15 is 0 Å². The first-order valence-corrected chi connectivity index (χ1v) is 23.3. The van der Waals surface area contributed by atoms with Gasteiger partial charge < -0.3 is 0 Å². The molecule has 0 amide bonds. The molecular formula is C66H60N2. The molecule has 0 aromatic heterocycles. The predicted octanol–water partition coefficient (Wildman–Crippen LogP) is 18.9. The van der Waals surface area contributed by atoms with Crippen molar-refractivity contribution in [3.05, 3.63) is 255 Å². The molecule has 0 aliphatic rings. The van der Waals surface area contributed by atoms with Gasteiger partial charge in [0, 0.05) is 0 Å². The lowest BCUT2D eigenvalue weighted by molar-refractivity contribution is 1.36. The monoisotopic (exact) mass is 880 g/mol. The summed E-state index contributed by atoms with van der Waals surface area (Å²) in [7, 11) is 0. The Morgan fingerprint density at radius 2 is 0.662 bits per heavy atom. The van der Waals surface area contributed by atoms with Crippen molar-refractivity contribution >= 4 is 70.3 Å². The number of rotatable bonds is 0. The number of aryl methyl sites for hydroxylation is 10. The summed E-state index contributed by atoms with van der Waals surface area (Å²) in [5, 5.41) is 24.6. The van der Waals surface area contributed by atoms with E-state index in [4.69, 9.17) is 11.8 Å². The number of nitriles is 1. The van der Waals surface area contributed by atoms with E-state index in [-0.39, 0.29) is 0 Å². The molecule has 0 aliphatic carbocycles. The third-order valence-corrected chi connectivity index (χ3v) is 13.1. The van der Waals surface area contributed by atoms with Crippen LogP contribution in [0.25, 0.3) is 69.5 Å². The SMILES string of the molecule is Cc1c2ccccc2c(C)c2ccccc12.Cc1ccc(C)c2ccccc12.Cc1ccc2cc(C)ccc2c1.Cc1cccc2c(C)cccc12.[C-]#[N+]c1cc2cc(C)c(C)cc2cc1C#N. The highest BCUT2D eigenvalue weighted by Crippen LogP contribution is 2.32. The zero-order chi connectivity index (χ0) is 48.5. The molecule has 0 aliphatic heterocycles. The number of fused-ring (bicyclic) bond motifs is 6. The van der Waals surface area contributed by atoms with Gasteiger partial charge in [-0.15, -0.1) is 0 Å². The van der Waals surface area contributed by atoms with Crippen molar-refractivity contribution in [3.8, 4) is 6.07 Å². The number of hydrogen-bond acceptors (Lipinski definition) is 1. The van der Waals surface area contributed by atoms with Crippen LogP contribution in [0.15, 0.2) is 182 Å². The van der Waals surface area contributed by atoms with Gasteiger partial charge in [-0.2, -0.15) is 5.26 Å². The fourth-order valence-electron chi connectivity index (χ4n) is 9.02. The van der Waals surface area contributed by atoms with Crippen molar-refractivity contribution in [2.24, 2.45) is 0 Å². The molecular weight excluding hydrogens is 821 g/mol. The van der Waals surface area contributed by atoms with Gasteiger partial charge in [-0.05, 0) is 191 Å². The summed E-state index contributed by atoms with van der Waals surface area (Å²) in [5.41, 5.74) is 14.1. The standard InChI is InChI=1S/C16H14.C14H10N2.3C12H12/c1-11-13-7-3-5-9-15(13)12(2)16-10-6-4-8-14(11)16;1-9-4-11-6-13(8-15)14(16-3)7-12(11)5-10(9)2;1-9-3-5-12-8-10(2)4-6-11(12)7-9;1-9-5-3-8-12-10(2)6-4-7-11(9)12;1-9-7-8-10(2)12-6-4-3-5-11(9)12/h3-10H,1-2H3;4-7H,1-2H3;3*3-8H,1-2H3. The summed E-state index contributed by atoms with van der Waals surface area (Å²) >= 11 is 0. The second-order valence-corrected chi connectivity index (χ2v) is 18.1. The third kappa shape index (κ3) is 10.8. The normalized spacial score (nSPS) is 10.5. The molecule has 0 fully saturated rings. The van der Waals surface area contributed by atoms with E-state index in [1.165, 1.54) is 109 Å². The average Bonchev–Trinajstić information content (AvgIpc) is 3.36. The summed E-state index contributed by atoms with van der Waals surface area (Å²) in [6.07, 6.45) is 0. The molecule has 0 spiro atoms. The Balaban J connectivity index is 0.000000127. The van der Waals surface area contributed by atoms with Crippen LogP contribution in [0.4, 0.5) is 5.69 Å². The minimum absolute atomic E-state index is 0.429. The van der Waals surface area contributed by atoms with Crippen LogP contribution in [-0.2, 0) is 0 Å². The minimum atomic E-state index is 0.429. The Morgan fingerprint density at radius 3 is 1.03 bits per heavy atom. The Kier molecular flexibility index (Phi) is 15.2. The second kappa shape index (κ2) is 21.5. The Morgan fingerprint density at radius 1 is 0.324 bits per heavy atom. The lowest BCUT2D eigenvalue weighted by Crippen LogP contribution is -1.87. The molecule has 0 bridgehead atoms. The van der Waals surface area contributed by atoms with Gasteiger partial charge in [-0.25, -0.2) is 4.85 Å². The quantitative estimate of drug-likeness (QED) is 0.110. The van der Waals surface area contributed by atoms with Gasteiger partial charge in [0.25, 0.3) is 0 Å². The molecule has 0 saturated heterocycles. The van der Waals surface area contributed by atoms with Crippen molar-refractivity contribution in [3.63, 3.8) is 0 Å². The molecule has 2 nitrogen and oxygen atoms in total. The van der Waals surface area contributed by atoms with E-state index in [9.17, 15) is 0 Å². The maximum absolute atomic E-state index is 8.94. The van der Waals surface area contributed by atoms with Gasteiger partial charge in [0.15, 0.2) is 0 Å². The summed E-state index contributed by atoms with van der Waals surface area (Å²) in [5.74, 6) is 0. The van der Waals surface area contributed by atoms with E-state index in [2.05, 4.69) is 236 Å². The van der Waals surface area contributed by atoms with Crippen molar-refractivity contribution in [1.82, 2.24) is 0 Å². The third-order valence-electron chi connectivity index (χ3n) is 13.1. The highest BCUT2D eigenvalue weighted by Gasteiger charge is 2.08. The summed E-state index contributed by atoms with van der Waals surface area (Å²) in [6, 6.07) is 65.9. The Bertz CT molecular complexity index is 3370. The molecule has 0 saturated carbocycles. The molecule has 2 heteroatoms. The van der Waals surface area contributed by atoms with Gasteiger partial charge in [0.05, 0.1) is 18.2 Å². The first-order chi connectivity index (χ1) is 32.8. The van der Waals surface area contributed by atoms with Crippen LogP contribution in [0.1, 0.15) is 61.2 Å². The van der Waals surface area contributed by atoms with E-state index in [0.29, 0.717) is 11.3 Å². The minimum Gasteiger partial charge on any atom is -0.237 e. The molecule has 68 heavy (non-hydrogen) atoms. The summed E-state index contributed by atoms with van der Waals surface area (Å²) in [4.78, 5) is 3.37. The van der Waals surface area contributed by atoms with Gasteiger partial charge in [0.1, 0.15) is 0 Å². The Hall–Kier alpha value is -8.04. The van der Waals surface area contributed by atoms with Crippen LogP contribution in [0.5, 0.6) is 0 Å². The van der Waals surface area contributed by atoms with Gasteiger partial charge >= 0.3 is 0 Å². The first kappa shape index (κ1) is 47.9. The lowest BCUT2D eigenvalue weighted by atomic mass is 9.93. The molecule has 11 rings (SSSR count). The highest BCUT2D eigenvalue weighted by atomic mass is 14.6. The number of hydrogen-bond donors (Lipinski definition) is 0. The zero-order valence-corrected chi connectivity index (χ0v) is 41.2. The van der Waals surface area contributed by atoms with Gasteiger partial charge in [-0.1, -0.05) is 181 Å². The molecule has 11 aromatic rings. The average molecular weight is 881 g/mol. The van der Waals surface area contributed by atoms with Crippen LogP contribution in [0.2, 0.25) is 0 Å². The van der Waals surface area contributed by atoms with Crippen LogP contribution in [-0.4, -0.2) is 0 Å². The molecule has 0 heterocycles. The lowest BCUT2D eigenvalue weighted by Gasteiger charge is -2.11. The summed E-state index contributed by atoms with van der Waals surface area (Å²) in [6.45, 7) is 28.4. The molecule has 0 atom stereocenters. The van der Waals surface area contributed by atoms with Gasteiger partial charge in [0.2, 0.25) is 5.69 Å². The molecule has 0 N–H and O–H groups in total. The zero-order valence-electron chi connectivity index (χ0n) is 41.2. The topological polar surface area (TPSA) is 28.1 Å². The van der Waals surface area contributed by atoms with Crippen molar-refractivity contribution in [2.45, 2.75) is 69.2 Å². The highest BCUT2D eigenvalue weighted by molar-refractivity contribution is 6.05. The fraction of sp³-hybridized carbons (Fsp3) is 0.152. The van der Waals surface area contributed by atoms with Crippen molar-refractivity contribution < 1.29 is 0 Å². The smallest absolute Gasteiger partial charge is 0.205 e. The predicted molar refractivity (Wildman–Crippen MR) is 296 cm³/mol. The number of benzene rings is 11. The largest absolute Gasteiger partial charge is 0.237 e. The van der Waals surface area contributed by atoms with Crippen LogP contribution in [0, 0.1) is 87.1 Å². The molecule has 0 radical (unpaired) electrons. The molecule has 334 valence electrons. The van der Waals surface area contributed by atoms with Crippen molar-refractivity contribution in [2.75, 3.05) is 0 Å². The summed E-state index contributed by atoms with van der Waals surface area (Å²) < 4.78 is 0. The van der Waals surface area contributed by atoms with Crippen LogP contribution >= 0.6 is 0 Å². The number of nitrogens with zero attached hydrogens (tertiary/aromatic N) is 2.